The number of nitrogens with two attached hydrogens (primary N) is 1. The maximum absolute atomic E-state index is 5.51. The molecule has 0 rings (SSSR count). The van der Waals surface area contributed by atoms with Crippen molar-refractivity contribution in [2.75, 3.05) is 13.1 Å². The molecule has 0 aliphatic carbocycles. The molecule has 0 saturated carbocycles. The summed E-state index contributed by atoms with van der Waals surface area (Å²) in [6, 6.07) is 0.451. The van der Waals surface area contributed by atoms with Gasteiger partial charge in [0.05, 0.1) is 0 Å². The second kappa shape index (κ2) is 5.61. The van der Waals surface area contributed by atoms with Gasteiger partial charge in [-0.3, -0.25) is 0 Å². The van der Waals surface area contributed by atoms with E-state index in [1.54, 1.807) is 0 Å². The molecule has 0 bridgehead atoms. The molecule has 80 valence electrons. The highest BCUT2D eigenvalue weighted by atomic mass is 14.9. The van der Waals surface area contributed by atoms with Crippen molar-refractivity contribution < 1.29 is 0 Å². The normalized spacial score (nSPS) is 17.1. The minimum absolute atomic E-state index is 0.424. The van der Waals surface area contributed by atoms with Gasteiger partial charge in [-0.15, -0.1) is 0 Å². The third-order valence-corrected chi connectivity index (χ3v) is 2.90. The molecular weight excluding hydrogens is 160 g/mol. The fourth-order valence-electron chi connectivity index (χ4n) is 1.06. The first-order valence-electron chi connectivity index (χ1n) is 5.31. The fraction of sp³-hybridized carbons (Fsp3) is 1.00. The average molecular weight is 186 g/mol. The molecule has 3 N–H and O–H groups in total. The highest BCUT2D eigenvalue weighted by molar-refractivity contribution is 4.71. The molecule has 0 aromatic rings. The Morgan fingerprint density at radius 2 is 1.77 bits per heavy atom. The number of hydrogen-bond donors (Lipinski definition) is 2. The maximum atomic E-state index is 5.51. The minimum Gasteiger partial charge on any atom is -0.329 e. The SMILES string of the molecule is CC(CCN[C@@H](C)CN)C(C)(C)C. The van der Waals surface area contributed by atoms with Gasteiger partial charge in [-0.2, -0.15) is 0 Å². The number of rotatable bonds is 5. The first-order chi connectivity index (χ1) is 5.88. The van der Waals surface area contributed by atoms with E-state index in [-0.39, 0.29) is 0 Å². The van der Waals surface area contributed by atoms with Crippen molar-refractivity contribution in [2.24, 2.45) is 17.1 Å². The summed E-state index contributed by atoms with van der Waals surface area (Å²) in [4.78, 5) is 0. The van der Waals surface area contributed by atoms with Crippen molar-refractivity contribution in [3.05, 3.63) is 0 Å². The van der Waals surface area contributed by atoms with E-state index in [1.165, 1.54) is 6.42 Å². The zero-order valence-corrected chi connectivity index (χ0v) is 9.85. The van der Waals surface area contributed by atoms with E-state index in [0.717, 1.165) is 19.0 Å². The Bertz CT molecular complexity index is 127. The Labute approximate surface area is 83.3 Å². The van der Waals surface area contributed by atoms with Crippen LogP contribution in [0.15, 0.2) is 0 Å². The second-order valence-corrected chi connectivity index (χ2v) is 5.15. The van der Waals surface area contributed by atoms with E-state index in [4.69, 9.17) is 5.73 Å². The predicted octanol–water partition coefficient (Wildman–Crippen LogP) is 2.00. The molecule has 2 atom stereocenters. The van der Waals surface area contributed by atoms with Gasteiger partial charge >= 0.3 is 0 Å². The Hall–Kier alpha value is -0.0800. The van der Waals surface area contributed by atoms with Crippen molar-refractivity contribution in [1.29, 1.82) is 0 Å². The van der Waals surface area contributed by atoms with Crippen LogP contribution in [-0.4, -0.2) is 19.1 Å². The third kappa shape index (κ3) is 6.05. The van der Waals surface area contributed by atoms with Crippen LogP contribution in [0, 0.1) is 11.3 Å². The molecule has 0 radical (unpaired) electrons. The molecular formula is C11H26N2. The molecule has 0 fully saturated rings. The summed E-state index contributed by atoms with van der Waals surface area (Å²) < 4.78 is 0. The average Bonchev–Trinajstić information content (AvgIpc) is 2.02. The maximum Gasteiger partial charge on any atom is 0.0161 e. The van der Waals surface area contributed by atoms with E-state index in [9.17, 15) is 0 Å². The molecule has 0 amide bonds. The van der Waals surface area contributed by atoms with E-state index in [2.05, 4.69) is 39.9 Å². The van der Waals surface area contributed by atoms with Crippen LogP contribution in [0.5, 0.6) is 0 Å². The molecule has 0 aromatic heterocycles. The van der Waals surface area contributed by atoms with Crippen LogP contribution < -0.4 is 11.1 Å². The topological polar surface area (TPSA) is 38.0 Å². The molecule has 0 aliphatic heterocycles. The molecule has 0 aromatic carbocycles. The van der Waals surface area contributed by atoms with Gasteiger partial charge in [0, 0.05) is 12.6 Å². The Kier molecular flexibility index (Phi) is 5.57. The monoisotopic (exact) mass is 186 g/mol. The summed E-state index contributed by atoms with van der Waals surface area (Å²) in [5.41, 5.74) is 5.94. The molecule has 0 heterocycles. The zero-order chi connectivity index (χ0) is 10.5. The highest BCUT2D eigenvalue weighted by Crippen LogP contribution is 2.27. The van der Waals surface area contributed by atoms with Gasteiger partial charge in [0.25, 0.3) is 0 Å². The van der Waals surface area contributed by atoms with Gasteiger partial charge < -0.3 is 11.1 Å². The highest BCUT2D eigenvalue weighted by Gasteiger charge is 2.19. The van der Waals surface area contributed by atoms with Gasteiger partial charge in [-0.1, -0.05) is 27.7 Å². The first kappa shape index (κ1) is 12.9. The van der Waals surface area contributed by atoms with Crippen LogP contribution in [0.3, 0.4) is 0 Å². The van der Waals surface area contributed by atoms with Crippen molar-refractivity contribution in [2.45, 2.75) is 47.1 Å². The third-order valence-electron chi connectivity index (χ3n) is 2.90. The largest absolute Gasteiger partial charge is 0.329 e. The summed E-state index contributed by atoms with van der Waals surface area (Å²) in [5, 5.41) is 3.41. The Balaban J connectivity index is 3.54. The quantitative estimate of drug-likeness (QED) is 0.689. The summed E-state index contributed by atoms with van der Waals surface area (Å²) in [5.74, 6) is 0.755. The molecule has 0 spiro atoms. The molecule has 2 heteroatoms. The van der Waals surface area contributed by atoms with E-state index in [1.807, 2.05) is 0 Å². The predicted molar refractivity (Wildman–Crippen MR) is 59.8 cm³/mol. The minimum atomic E-state index is 0.424. The standard InChI is InChI=1S/C11H26N2/c1-9(11(3,4)5)6-7-13-10(2)8-12/h9-10,13H,6-8,12H2,1-5H3/t9?,10-/m0/s1. The van der Waals surface area contributed by atoms with E-state index >= 15 is 0 Å². The van der Waals surface area contributed by atoms with Gasteiger partial charge in [-0.05, 0) is 31.2 Å². The van der Waals surface area contributed by atoms with Gasteiger partial charge in [0.1, 0.15) is 0 Å². The van der Waals surface area contributed by atoms with Crippen molar-refractivity contribution in [3.8, 4) is 0 Å². The molecule has 0 aliphatic rings. The van der Waals surface area contributed by atoms with Crippen molar-refractivity contribution >= 4 is 0 Å². The van der Waals surface area contributed by atoms with E-state index in [0.29, 0.717) is 11.5 Å². The van der Waals surface area contributed by atoms with Gasteiger partial charge in [0.15, 0.2) is 0 Å². The molecule has 1 unspecified atom stereocenters. The second-order valence-electron chi connectivity index (χ2n) is 5.15. The van der Waals surface area contributed by atoms with Crippen LogP contribution >= 0.6 is 0 Å². The summed E-state index contributed by atoms with van der Waals surface area (Å²) in [7, 11) is 0. The lowest BCUT2D eigenvalue weighted by Crippen LogP contribution is -2.35. The molecule has 2 nitrogen and oxygen atoms in total. The van der Waals surface area contributed by atoms with Crippen LogP contribution in [0.4, 0.5) is 0 Å². The summed E-state index contributed by atoms with van der Waals surface area (Å²) in [6.45, 7) is 13.1. The summed E-state index contributed by atoms with van der Waals surface area (Å²) >= 11 is 0. The lowest BCUT2D eigenvalue weighted by atomic mass is 9.80. The number of hydrogen-bond acceptors (Lipinski definition) is 2. The van der Waals surface area contributed by atoms with Crippen molar-refractivity contribution in [1.82, 2.24) is 5.32 Å². The Morgan fingerprint density at radius 3 is 2.15 bits per heavy atom. The smallest absolute Gasteiger partial charge is 0.0161 e. The fourth-order valence-corrected chi connectivity index (χ4v) is 1.06. The van der Waals surface area contributed by atoms with E-state index < -0.39 is 0 Å². The molecule has 13 heavy (non-hydrogen) atoms. The Morgan fingerprint density at radius 1 is 1.23 bits per heavy atom. The van der Waals surface area contributed by atoms with Crippen LogP contribution in [-0.2, 0) is 0 Å². The lowest BCUT2D eigenvalue weighted by Gasteiger charge is -2.27. The van der Waals surface area contributed by atoms with Crippen LogP contribution in [0.25, 0.3) is 0 Å². The summed E-state index contributed by atoms with van der Waals surface area (Å²) in [6.07, 6.45) is 1.23. The number of nitrogens with one attached hydrogen (secondary N) is 1. The molecule has 0 saturated heterocycles. The van der Waals surface area contributed by atoms with Crippen LogP contribution in [0.2, 0.25) is 0 Å². The zero-order valence-electron chi connectivity index (χ0n) is 9.85. The van der Waals surface area contributed by atoms with Gasteiger partial charge in [-0.25, -0.2) is 0 Å². The lowest BCUT2D eigenvalue weighted by molar-refractivity contribution is 0.243. The van der Waals surface area contributed by atoms with Crippen molar-refractivity contribution in [3.63, 3.8) is 0 Å². The first-order valence-corrected chi connectivity index (χ1v) is 5.31. The van der Waals surface area contributed by atoms with Gasteiger partial charge in [0.2, 0.25) is 0 Å². The van der Waals surface area contributed by atoms with Crippen LogP contribution in [0.1, 0.15) is 41.0 Å².